The maximum Gasteiger partial charge on any atom is 0.240 e. The van der Waals surface area contributed by atoms with Crippen molar-refractivity contribution >= 4 is 22.4 Å². The zero-order chi connectivity index (χ0) is 23.6. The first-order valence-corrected chi connectivity index (χ1v) is 11.4. The molecule has 2 heterocycles. The molecule has 0 spiro atoms. The Bertz CT molecular complexity index is 1130. The van der Waals surface area contributed by atoms with E-state index in [9.17, 15) is 18.7 Å². The largest absolute Gasteiger partial charge is 0.487 e. The van der Waals surface area contributed by atoms with Gasteiger partial charge in [-0.15, -0.1) is 11.3 Å². The van der Waals surface area contributed by atoms with Crippen LogP contribution in [0.3, 0.4) is 0 Å². The molecule has 1 fully saturated rings. The van der Waals surface area contributed by atoms with Crippen LogP contribution in [-0.4, -0.2) is 52.2 Å². The summed E-state index contributed by atoms with van der Waals surface area (Å²) in [7, 11) is 0. The summed E-state index contributed by atoms with van der Waals surface area (Å²) in [4.78, 5) is 19.9. The van der Waals surface area contributed by atoms with Crippen LogP contribution in [0.15, 0.2) is 48.5 Å². The third kappa shape index (κ3) is 5.73. The van der Waals surface area contributed by atoms with E-state index in [-0.39, 0.29) is 24.8 Å². The Morgan fingerprint density at radius 2 is 2.03 bits per heavy atom. The number of amides is 1. The first-order chi connectivity index (χ1) is 15.7. The van der Waals surface area contributed by atoms with Gasteiger partial charge in [-0.3, -0.25) is 9.69 Å². The van der Waals surface area contributed by atoms with Crippen LogP contribution in [0, 0.1) is 18.6 Å². The standard InChI is InChI=1S/C24H25F2N3O3S/c1-15-22(16-6-8-17(25)9-7-16)28-23(33-15)27-21(30)13-29-11-10-20(24(2,31)14-29)32-19-5-3-4-18(26)12-19/h3-9,12,20,31H,10-11,13-14H2,1-2H3,(H,27,28,30)/t20-,24-/m0/s1. The van der Waals surface area contributed by atoms with Crippen LogP contribution in [0.1, 0.15) is 18.2 Å². The third-order valence-corrected chi connectivity index (χ3v) is 6.43. The number of nitrogens with zero attached hydrogens (tertiary/aromatic N) is 2. The lowest BCUT2D eigenvalue weighted by Crippen LogP contribution is -2.58. The molecular weight excluding hydrogens is 448 g/mol. The molecule has 4 rings (SSSR count). The number of carbonyl (C=O) groups is 1. The number of hydrogen-bond acceptors (Lipinski definition) is 6. The van der Waals surface area contributed by atoms with E-state index < -0.39 is 17.5 Å². The van der Waals surface area contributed by atoms with Gasteiger partial charge in [0.25, 0.3) is 0 Å². The first kappa shape index (κ1) is 23.3. The second kappa shape index (κ2) is 9.54. The van der Waals surface area contributed by atoms with Crippen LogP contribution < -0.4 is 10.1 Å². The van der Waals surface area contributed by atoms with Gasteiger partial charge in [0.1, 0.15) is 29.1 Å². The summed E-state index contributed by atoms with van der Waals surface area (Å²) in [5.41, 5.74) is 0.272. The van der Waals surface area contributed by atoms with Gasteiger partial charge in [-0.1, -0.05) is 6.07 Å². The number of nitrogens with one attached hydrogen (secondary N) is 1. The minimum absolute atomic E-state index is 0.0906. The van der Waals surface area contributed by atoms with E-state index in [4.69, 9.17) is 4.74 Å². The number of likely N-dealkylation sites (tertiary alicyclic amines) is 1. The topological polar surface area (TPSA) is 74.7 Å². The van der Waals surface area contributed by atoms with Crippen molar-refractivity contribution in [1.29, 1.82) is 0 Å². The number of ether oxygens (including phenoxy) is 1. The van der Waals surface area contributed by atoms with E-state index in [0.29, 0.717) is 29.5 Å². The molecule has 1 aliphatic heterocycles. The predicted molar refractivity (Wildman–Crippen MR) is 123 cm³/mol. The van der Waals surface area contributed by atoms with Crippen molar-refractivity contribution < 1.29 is 23.4 Å². The summed E-state index contributed by atoms with van der Waals surface area (Å²) >= 11 is 1.35. The van der Waals surface area contributed by atoms with Gasteiger partial charge in [-0.25, -0.2) is 13.8 Å². The van der Waals surface area contributed by atoms with Crippen LogP contribution >= 0.6 is 11.3 Å². The minimum atomic E-state index is -1.21. The lowest BCUT2D eigenvalue weighted by atomic mass is 9.91. The number of hydrogen-bond donors (Lipinski definition) is 2. The van der Waals surface area contributed by atoms with E-state index in [1.165, 1.54) is 35.6 Å². The van der Waals surface area contributed by atoms with Gasteiger partial charge in [0, 0.05) is 29.6 Å². The first-order valence-electron chi connectivity index (χ1n) is 10.6. The zero-order valence-corrected chi connectivity index (χ0v) is 19.2. The van der Waals surface area contributed by atoms with Gasteiger partial charge in [0.2, 0.25) is 5.91 Å². The number of halogens is 2. The minimum Gasteiger partial charge on any atom is -0.487 e. The van der Waals surface area contributed by atoms with Crippen molar-refractivity contribution in [2.75, 3.05) is 25.0 Å². The number of carbonyl (C=O) groups excluding carboxylic acids is 1. The highest BCUT2D eigenvalue weighted by Crippen LogP contribution is 2.31. The summed E-state index contributed by atoms with van der Waals surface area (Å²) in [6, 6.07) is 11.9. The molecule has 0 saturated carbocycles. The highest BCUT2D eigenvalue weighted by atomic mass is 32.1. The average Bonchev–Trinajstić information content (AvgIpc) is 3.10. The van der Waals surface area contributed by atoms with Crippen LogP contribution in [0.25, 0.3) is 11.3 Å². The highest BCUT2D eigenvalue weighted by Gasteiger charge is 2.40. The number of thiazole rings is 1. The van der Waals surface area contributed by atoms with Gasteiger partial charge >= 0.3 is 0 Å². The van der Waals surface area contributed by atoms with E-state index in [2.05, 4.69) is 10.3 Å². The maximum absolute atomic E-state index is 13.4. The second-order valence-corrected chi connectivity index (χ2v) is 9.60. The molecule has 0 radical (unpaired) electrons. The molecule has 0 bridgehead atoms. The molecule has 9 heteroatoms. The molecule has 1 amide bonds. The number of anilines is 1. The molecule has 1 aliphatic rings. The molecule has 2 N–H and O–H groups in total. The van der Waals surface area contributed by atoms with Crippen molar-refractivity contribution in [3.63, 3.8) is 0 Å². The molecule has 174 valence electrons. The number of β-amino-alcohol motifs (C(OH)–C–C–N with tert-alkyl or cyclic N) is 1. The fourth-order valence-corrected chi connectivity index (χ4v) is 4.81. The van der Waals surface area contributed by atoms with Crippen molar-refractivity contribution in [3.8, 4) is 17.0 Å². The summed E-state index contributed by atoms with van der Waals surface area (Å²) in [5, 5.41) is 14.2. The Labute approximate surface area is 194 Å². The van der Waals surface area contributed by atoms with E-state index in [1.54, 1.807) is 31.2 Å². The summed E-state index contributed by atoms with van der Waals surface area (Å²) in [5.74, 6) is -0.598. The van der Waals surface area contributed by atoms with E-state index >= 15 is 0 Å². The smallest absolute Gasteiger partial charge is 0.240 e. The number of aromatic nitrogens is 1. The third-order valence-electron chi connectivity index (χ3n) is 5.55. The summed E-state index contributed by atoms with van der Waals surface area (Å²) in [6.45, 7) is 4.42. The molecular formula is C24H25F2N3O3S. The fourth-order valence-electron chi connectivity index (χ4n) is 3.96. The van der Waals surface area contributed by atoms with Crippen molar-refractivity contribution in [3.05, 3.63) is 65.0 Å². The van der Waals surface area contributed by atoms with Crippen LogP contribution in [0.2, 0.25) is 0 Å². The molecule has 2 aromatic carbocycles. The van der Waals surface area contributed by atoms with Gasteiger partial charge in [0.15, 0.2) is 5.13 Å². The van der Waals surface area contributed by atoms with Gasteiger partial charge in [-0.05, 0) is 56.7 Å². The quantitative estimate of drug-likeness (QED) is 0.560. The normalized spacial score (nSPS) is 21.1. The molecule has 2 atom stereocenters. The summed E-state index contributed by atoms with van der Waals surface area (Å²) in [6.07, 6.45) is -0.0273. The average molecular weight is 474 g/mol. The van der Waals surface area contributed by atoms with Crippen LogP contribution in [0.5, 0.6) is 5.75 Å². The number of aryl methyl sites for hydroxylation is 1. The monoisotopic (exact) mass is 473 g/mol. The number of aliphatic hydroxyl groups is 1. The Morgan fingerprint density at radius 1 is 1.27 bits per heavy atom. The van der Waals surface area contributed by atoms with Crippen LogP contribution in [-0.2, 0) is 4.79 Å². The lowest BCUT2D eigenvalue weighted by molar-refractivity contribution is -0.123. The number of benzene rings is 2. The molecule has 1 saturated heterocycles. The SMILES string of the molecule is Cc1sc(NC(=O)CN2CC[C@H](Oc3cccc(F)c3)[C@@](C)(O)C2)nc1-c1ccc(F)cc1. The number of piperidine rings is 1. The van der Waals surface area contributed by atoms with Gasteiger partial charge in [-0.2, -0.15) is 0 Å². The van der Waals surface area contributed by atoms with Gasteiger partial charge in [0.05, 0.1) is 12.2 Å². The van der Waals surface area contributed by atoms with E-state index in [1.807, 2.05) is 11.8 Å². The summed E-state index contributed by atoms with van der Waals surface area (Å²) < 4.78 is 32.4. The molecule has 0 unspecified atom stereocenters. The number of rotatable bonds is 6. The Kier molecular flexibility index (Phi) is 6.73. The van der Waals surface area contributed by atoms with E-state index in [0.717, 1.165) is 10.4 Å². The molecule has 0 aliphatic carbocycles. The Hall–Kier alpha value is -2.88. The Balaban J connectivity index is 1.34. The lowest BCUT2D eigenvalue weighted by Gasteiger charge is -2.42. The predicted octanol–water partition coefficient (Wildman–Crippen LogP) is 4.24. The second-order valence-electron chi connectivity index (χ2n) is 8.40. The van der Waals surface area contributed by atoms with Crippen molar-refractivity contribution in [1.82, 2.24) is 9.88 Å². The maximum atomic E-state index is 13.4. The van der Waals surface area contributed by atoms with Gasteiger partial charge < -0.3 is 15.2 Å². The highest BCUT2D eigenvalue weighted by molar-refractivity contribution is 7.16. The molecule has 33 heavy (non-hydrogen) atoms. The van der Waals surface area contributed by atoms with Crippen LogP contribution in [0.4, 0.5) is 13.9 Å². The fraction of sp³-hybridized carbons (Fsp3) is 0.333. The van der Waals surface area contributed by atoms with Crippen molar-refractivity contribution in [2.24, 2.45) is 0 Å². The Morgan fingerprint density at radius 3 is 2.73 bits per heavy atom. The molecule has 3 aromatic rings. The molecule has 1 aromatic heterocycles. The van der Waals surface area contributed by atoms with Crippen molar-refractivity contribution in [2.45, 2.75) is 32.0 Å². The molecule has 6 nitrogen and oxygen atoms in total. The zero-order valence-electron chi connectivity index (χ0n) is 18.3.